The van der Waals surface area contributed by atoms with Crippen molar-refractivity contribution in [3.8, 4) is 0 Å². The van der Waals surface area contributed by atoms with Crippen LogP contribution in [0.25, 0.3) is 5.57 Å². The molecule has 2 aliphatic heterocycles. The van der Waals surface area contributed by atoms with Crippen LogP contribution in [-0.2, 0) is 11.3 Å². The van der Waals surface area contributed by atoms with E-state index < -0.39 is 17.7 Å². The molecule has 1 N–H and O–H groups in total. The zero-order valence-corrected chi connectivity index (χ0v) is 16.4. The topological polar surface area (TPSA) is 65.5 Å². The third-order valence-corrected chi connectivity index (χ3v) is 6.15. The van der Waals surface area contributed by atoms with Crippen LogP contribution in [0.5, 0.6) is 0 Å². The molecule has 5 rings (SSSR count). The minimum absolute atomic E-state index is 0.0527. The molecule has 0 saturated carbocycles. The van der Waals surface area contributed by atoms with Gasteiger partial charge in [-0.15, -0.1) is 0 Å². The zero-order chi connectivity index (χ0) is 21.0. The second-order valence-electron chi connectivity index (χ2n) is 7.99. The number of nitrogens with zero attached hydrogens (tertiary/aromatic N) is 3. The van der Waals surface area contributed by atoms with Gasteiger partial charge < -0.3 is 15.1 Å². The number of hydrogen-bond acceptors (Lipinski definition) is 3. The predicted octanol–water partition coefficient (Wildman–Crippen LogP) is 3.33. The van der Waals surface area contributed by atoms with Gasteiger partial charge in [0.2, 0.25) is 5.91 Å². The monoisotopic (exact) mass is 410 g/mol. The van der Waals surface area contributed by atoms with Crippen LogP contribution in [-0.4, -0.2) is 45.9 Å². The van der Waals surface area contributed by atoms with Gasteiger partial charge in [-0.2, -0.15) is 0 Å². The molecule has 3 heterocycles. The third-order valence-electron chi connectivity index (χ3n) is 6.15. The van der Waals surface area contributed by atoms with Gasteiger partial charge in [0.15, 0.2) is 11.6 Å². The van der Waals surface area contributed by atoms with E-state index in [1.807, 2.05) is 19.1 Å². The van der Waals surface area contributed by atoms with Gasteiger partial charge in [-0.05, 0) is 43.0 Å². The summed E-state index contributed by atoms with van der Waals surface area (Å²) in [6.07, 6.45) is 4.80. The summed E-state index contributed by atoms with van der Waals surface area (Å²) in [6.45, 7) is 2.20. The Morgan fingerprint density at radius 2 is 2.13 bits per heavy atom. The largest absolute Gasteiger partial charge is 0.333 e. The fraction of sp³-hybridized carbons (Fsp3) is 0.318. The normalized spacial score (nSPS) is 22.1. The molecule has 154 valence electrons. The molecule has 1 aliphatic carbocycles. The smallest absolute Gasteiger partial charge is 0.322 e. The van der Waals surface area contributed by atoms with Gasteiger partial charge in [0.25, 0.3) is 0 Å². The number of carbonyl (C=O) groups excluding carboxylic acids is 2. The summed E-state index contributed by atoms with van der Waals surface area (Å²) < 4.78 is 27.7. The first kappa shape index (κ1) is 18.7. The molecule has 3 amide bonds. The average molecular weight is 410 g/mol. The number of hydrogen-bond donors (Lipinski definition) is 1. The Hall–Kier alpha value is -3.29. The number of anilines is 1. The number of amides is 3. The van der Waals surface area contributed by atoms with Crippen LogP contribution in [0, 0.1) is 24.5 Å². The first-order chi connectivity index (χ1) is 14.4. The fourth-order valence-electron chi connectivity index (χ4n) is 4.69. The molecule has 2 aromatic rings. The van der Waals surface area contributed by atoms with Crippen molar-refractivity contribution < 1.29 is 18.4 Å². The number of aryl methyl sites for hydroxylation is 1. The van der Waals surface area contributed by atoms with E-state index >= 15 is 0 Å². The minimum atomic E-state index is -0.998. The lowest BCUT2D eigenvalue weighted by Gasteiger charge is -2.33. The van der Waals surface area contributed by atoms with E-state index in [1.165, 1.54) is 11.0 Å². The number of urea groups is 1. The van der Waals surface area contributed by atoms with Crippen molar-refractivity contribution in [2.24, 2.45) is 5.92 Å². The number of rotatable bonds is 3. The maximum atomic E-state index is 14.2. The van der Waals surface area contributed by atoms with E-state index in [1.54, 1.807) is 11.1 Å². The van der Waals surface area contributed by atoms with Gasteiger partial charge >= 0.3 is 6.03 Å². The highest BCUT2D eigenvalue weighted by Crippen LogP contribution is 2.42. The summed E-state index contributed by atoms with van der Waals surface area (Å²) in [5.74, 6) is -1.90. The van der Waals surface area contributed by atoms with Crippen molar-refractivity contribution in [1.29, 1.82) is 0 Å². The number of pyridine rings is 1. The standard InChI is InChI=1S/C22H20F2N4O2/c1-12-14(3-2-6-25-12)15-7-13-8-19(15)28(9-13)20(29)11-27-10-16-18(26-22(27)30)5-4-17(23)21(16)24/h2-7,13,19H,8-11H2,1H3,(H,26,30)/t13-,19-/m0/s1. The Morgan fingerprint density at radius 3 is 2.90 bits per heavy atom. The van der Waals surface area contributed by atoms with Gasteiger partial charge in [0, 0.05) is 29.6 Å². The van der Waals surface area contributed by atoms with Crippen LogP contribution in [0.4, 0.5) is 19.3 Å². The molecule has 0 spiro atoms. The molecule has 8 heteroatoms. The Morgan fingerprint density at radius 1 is 1.30 bits per heavy atom. The molecule has 30 heavy (non-hydrogen) atoms. The quantitative estimate of drug-likeness (QED) is 0.844. The minimum Gasteiger partial charge on any atom is -0.333 e. The van der Waals surface area contributed by atoms with E-state index in [4.69, 9.17) is 0 Å². The molecule has 6 nitrogen and oxygen atoms in total. The summed E-state index contributed by atoms with van der Waals surface area (Å²) in [6, 6.07) is 5.64. The van der Waals surface area contributed by atoms with Gasteiger partial charge in [-0.1, -0.05) is 12.1 Å². The van der Waals surface area contributed by atoms with Crippen LogP contribution in [0.2, 0.25) is 0 Å². The SMILES string of the molecule is Cc1ncccc1C1=C[C@H]2C[C@@H]1N(C(=O)CN1Cc3c(ccc(F)c3F)NC1=O)C2. The number of benzene rings is 1. The summed E-state index contributed by atoms with van der Waals surface area (Å²) in [5, 5.41) is 2.54. The zero-order valence-electron chi connectivity index (χ0n) is 16.4. The summed E-state index contributed by atoms with van der Waals surface area (Å²) >= 11 is 0. The summed E-state index contributed by atoms with van der Waals surface area (Å²) in [5.41, 5.74) is 3.32. The van der Waals surface area contributed by atoms with Crippen LogP contribution in [0.3, 0.4) is 0 Å². The Bertz CT molecular complexity index is 1100. The number of carbonyl (C=O) groups is 2. The van der Waals surface area contributed by atoms with Crippen molar-refractivity contribution in [3.63, 3.8) is 0 Å². The number of aromatic nitrogens is 1. The van der Waals surface area contributed by atoms with Gasteiger partial charge in [0.05, 0.1) is 18.3 Å². The third kappa shape index (κ3) is 2.94. The number of likely N-dealkylation sites (tertiary alicyclic amines) is 1. The molecular weight excluding hydrogens is 390 g/mol. The van der Waals surface area contributed by atoms with Crippen molar-refractivity contribution in [1.82, 2.24) is 14.8 Å². The molecule has 3 aliphatic rings. The van der Waals surface area contributed by atoms with E-state index in [-0.39, 0.29) is 42.2 Å². The maximum absolute atomic E-state index is 14.2. The lowest BCUT2D eigenvalue weighted by atomic mass is 9.99. The maximum Gasteiger partial charge on any atom is 0.322 e. The molecule has 0 radical (unpaired) electrons. The molecule has 1 aromatic carbocycles. The molecule has 1 aromatic heterocycles. The first-order valence-electron chi connectivity index (χ1n) is 9.88. The van der Waals surface area contributed by atoms with E-state index in [0.29, 0.717) is 6.54 Å². The Labute approximate surface area is 172 Å². The highest BCUT2D eigenvalue weighted by atomic mass is 19.2. The van der Waals surface area contributed by atoms with E-state index in [0.717, 1.165) is 29.3 Å². The van der Waals surface area contributed by atoms with Crippen LogP contribution < -0.4 is 5.32 Å². The highest BCUT2D eigenvalue weighted by Gasteiger charge is 2.43. The van der Waals surface area contributed by atoms with Crippen molar-refractivity contribution in [3.05, 3.63) is 65.0 Å². The molecule has 1 fully saturated rings. The van der Waals surface area contributed by atoms with E-state index in [2.05, 4.69) is 16.4 Å². The molecule has 1 saturated heterocycles. The molecule has 0 unspecified atom stereocenters. The van der Waals surface area contributed by atoms with Gasteiger partial charge in [-0.3, -0.25) is 9.78 Å². The first-order valence-corrected chi connectivity index (χ1v) is 9.88. The van der Waals surface area contributed by atoms with Crippen LogP contribution in [0.1, 0.15) is 23.2 Å². The Kier molecular flexibility index (Phi) is 4.30. The molecule has 2 bridgehead atoms. The molecule has 2 atom stereocenters. The summed E-state index contributed by atoms with van der Waals surface area (Å²) in [7, 11) is 0. The van der Waals surface area contributed by atoms with Crippen LogP contribution in [0.15, 0.2) is 36.5 Å². The van der Waals surface area contributed by atoms with Crippen molar-refractivity contribution >= 4 is 23.2 Å². The Balaban J connectivity index is 1.34. The van der Waals surface area contributed by atoms with Crippen LogP contribution >= 0.6 is 0 Å². The van der Waals surface area contributed by atoms with Gasteiger partial charge in [-0.25, -0.2) is 13.6 Å². The predicted molar refractivity (Wildman–Crippen MR) is 106 cm³/mol. The lowest BCUT2D eigenvalue weighted by Crippen LogP contribution is -2.48. The molecular formula is C22H20F2N4O2. The number of nitrogens with one attached hydrogen (secondary N) is 1. The van der Waals surface area contributed by atoms with Gasteiger partial charge in [0.1, 0.15) is 6.54 Å². The average Bonchev–Trinajstić information content (AvgIpc) is 3.33. The van der Waals surface area contributed by atoms with E-state index in [9.17, 15) is 18.4 Å². The van der Waals surface area contributed by atoms with Crippen molar-refractivity contribution in [2.75, 3.05) is 18.4 Å². The fourth-order valence-corrected chi connectivity index (χ4v) is 4.69. The number of halogens is 2. The second-order valence-corrected chi connectivity index (χ2v) is 7.99. The summed E-state index contributed by atoms with van der Waals surface area (Å²) in [4.78, 5) is 32.8. The van der Waals surface area contributed by atoms with Crippen molar-refractivity contribution in [2.45, 2.75) is 25.9 Å². The second kappa shape index (κ2) is 6.90. The highest BCUT2D eigenvalue weighted by molar-refractivity contribution is 5.95. The number of fused-ring (bicyclic) bond motifs is 3. The lowest BCUT2D eigenvalue weighted by molar-refractivity contribution is -0.132.